The van der Waals surface area contributed by atoms with Gasteiger partial charge in [0.25, 0.3) is 0 Å². The minimum absolute atomic E-state index is 0.113. The molecule has 0 saturated carbocycles. The van der Waals surface area contributed by atoms with E-state index >= 15 is 0 Å². The van der Waals surface area contributed by atoms with Gasteiger partial charge in [-0.05, 0) is 49.7 Å². The number of hydrogen-bond acceptors (Lipinski definition) is 9. The van der Waals surface area contributed by atoms with Crippen molar-refractivity contribution in [1.29, 1.82) is 0 Å². The summed E-state index contributed by atoms with van der Waals surface area (Å²) in [4.78, 5) is 8.22. The van der Waals surface area contributed by atoms with Crippen molar-refractivity contribution < 1.29 is 27.0 Å². The molecule has 0 unspecified atom stereocenters. The first-order chi connectivity index (χ1) is 18.2. The number of rotatable bonds is 10. The number of anilines is 1. The van der Waals surface area contributed by atoms with Crippen molar-refractivity contribution in [2.75, 3.05) is 26.1 Å². The Labute approximate surface area is 219 Å². The van der Waals surface area contributed by atoms with Crippen LogP contribution >= 0.6 is 0 Å². The van der Waals surface area contributed by atoms with Crippen LogP contribution in [0.15, 0.2) is 55.0 Å². The monoisotopic (exact) mass is 542 g/mol. The molecule has 0 amide bonds. The first-order valence-corrected chi connectivity index (χ1v) is 13.0. The number of aryl methyl sites for hydroxylation is 1. The maximum atomic E-state index is 13.6. The normalized spacial score (nSPS) is 13.1. The van der Waals surface area contributed by atoms with Crippen LogP contribution in [0, 0.1) is 12.7 Å². The summed E-state index contributed by atoms with van der Waals surface area (Å²) in [6.07, 6.45) is 3.29. The van der Waals surface area contributed by atoms with Crippen LogP contribution in [0.1, 0.15) is 24.3 Å². The van der Waals surface area contributed by atoms with Crippen LogP contribution in [-0.4, -0.2) is 59.7 Å². The van der Waals surface area contributed by atoms with Gasteiger partial charge in [-0.25, -0.2) is 12.8 Å². The highest BCUT2D eigenvalue weighted by molar-refractivity contribution is 7.93. The van der Waals surface area contributed by atoms with E-state index < -0.39 is 27.2 Å². The molecular formula is C25H27FN6O5S. The molecule has 0 radical (unpaired) electrons. The van der Waals surface area contributed by atoms with Crippen LogP contribution in [0.4, 0.5) is 10.3 Å². The van der Waals surface area contributed by atoms with E-state index in [-0.39, 0.29) is 11.6 Å². The lowest BCUT2D eigenvalue weighted by Crippen LogP contribution is -2.33. The zero-order chi connectivity index (χ0) is 27.4. The van der Waals surface area contributed by atoms with E-state index in [2.05, 4.69) is 24.9 Å². The molecule has 0 aliphatic carbocycles. The lowest BCUT2D eigenvalue weighted by Gasteiger charge is -2.23. The molecule has 1 N–H and O–H groups in total. The average Bonchev–Trinajstić information content (AvgIpc) is 3.31. The Bertz CT molecular complexity index is 1510. The summed E-state index contributed by atoms with van der Waals surface area (Å²) >= 11 is 0. The van der Waals surface area contributed by atoms with Gasteiger partial charge in [0.1, 0.15) is 34.4 Å². The molecule has 3 heterocycles. The van der Waals surface area contributed by atoms with Gasteiger partial charge in [-0.15, -0.1) is 10.2 Å². The van der Waals surface area contributed by atoms with Crippen LogP contribution in [0.5, 0.6) is 11.5 Å². The van der Waals surface area contributed by atoms with Gasteiger partial charge in [0.15, 0.2) is 5.82 Å². The van der Waals surface area contributed by atoms with Crippen LogP contribution in [0.3, 0.4) is 0 Å². The summed E-state index contributed by atoms with van der Waals surface area (Å²) in [5.74, 6) is 0.430. The molecule has 200 valence electrons. The SMILES string of the molecule is COc1cccc(OC)c1-n1c(NS(=O)(=O)[C@H](C)[C@H](OC)c2ccc(F)cn2)nnc1-c1cncc(C)c1. The highest BCUT2D eigenvalue weighted by atomic mass is 32.2. The number of nitrogens with zero attached hydrogens (tertiary/aromatic N) is 5. The Balaban J connectivity index is 1.84. The number of methoxy groups -OCH3 is 3. The number of benzene rings is 1. The Morgan fingerprint density at radius 1 is 1.00 bits per heavy atom. The average molecular weight is 543 g/mol. The summed E-state index contributed by atoms with van der Waals surface area (Å²) in [6, 6.07) is 9.56. The highest BCUT2D eigenvalue weighted by Crippen LogP contribution is 2.38. The third kappa shape index (κ3) is 5.29. The number of nitrogens with one attached hydrogen (secondary N) is 1. The van der Waals surface area contributed by atoms with Gasteiger partial charge in [-0.1, -0.05) is 6.07 Å². The van der Waals surface area contributed by atoms with Gasteiger partial charge >= 0.3 is 0 Å². The molecule has 2 atom stereocenters. The quantitative estimate of drug-likeness (QED) is 0.319. The third-order valence-corrected chi connectivity index (χ3v) is 7.56. The van der Waals surface area contributed by atoms with E-state index in [0.717, 1.165) is 11.8 Å². The molecule has 0 saturated heterocycles. The van der Waals surface area contributed by atoms with E-state index in [1.165, 1.54) is 45.0 Å². The molecule has 1 aromatic carbocycles. The van der Waals surface area contributed by atoms with Gasteiger partial charge in [-0.3, -0.25) is 19.3 Å². The zero-order valence-corrected chi connectivity index (χ0v) is 22.2. The molecule has 13 heteroatoms. The largest absolute Gasteiger partial charge is 0.494 e. The molecule has 11 nitrogen and oxygen atoms in total. The maximum absolute atomic E-state index is 13.6. The van der Waals surface area contributed by atoms with Crippen molar-refractivity contribution in [3.63, 3.8) is 0 Å². The standard InChI is InChI=1S/C25H27FN6O5S/c1-15-11-17(13-27-12-15)24-29-30-25(32(24)22-20(35-3)7-6-8-21(22)36-4)31-38(33,34)16(2)23(37-5)19-10-9-18(26)14-28-19/h6-14,16,23H,1-5H3,(H,30,31)/t16-,23+/m1/s1. The number of pyridine rings is 2. The van der Waals surface area contributed by atoms with Gasteiger partial charge < -0.3 is 14.2 Å². The summed E-state index contributed by atoms with van der Waals surface area (Å²) in [5.41, 5.74) is 2.10. The summed E-state index contributed by atoms with van der Waals surface area (Å²) < 4.78 is 61.2. The van der Waals surface area contributed by atoms with Crippen LogP contribution in [0.2, 0.25) is 0 Å². The molecule has 0 aliphatic heterocycles. The summed E-state index contributed by atoms with van der Waals surface area (Å²) in [5, 5.41) is 7.29. The topological polar surface area (TPSA) is 130 Å². The zero-order valence-electron chi connectivity index (χ0n) is 21.4. The summed E-state index contributed by atoms with van der Waals surface area (Å²) in [6.45, 7) is 3.33. The van der Waals surface area contributed by atoms with Crippen molar-refractivity contribution in [2.45, 2.75) is 25.2 Å². The van der Waals surface area contributed by atoms with E-state index in [1.807, 2.05) is 13.0 Å². The molecular weight excluding hydrogens is 515 g/mol. The lowest BCUT2D eigenvalue weighted by atomic mass is 10.2. The molecule has 0 spiro atoms. The molecule has 0 bridgehead atoms. The smallest absolute Gasteiger partial charge is 0.243 e. The third-order valence-electron chi connectivity index (χ3n) is 5.87. The van der Waals surface area contributed by atoms with E-state index in [0.29, 0.717) is 28.6 Å². The first-order valence-electron chi connectivity index (χ1n) is 11.4. The molecule has 0 fully saturated rings. The molecule has 3 aromatic heterocycles. The van der Waals surface area contributed by atoms with Crippen LogP contribution in [0.25, 0.3) is 17.1 Å². The Kier molecular flexibility index (Phi) is 7.88. The van der Waals surface area contributed by atoms with Crippen molar-refractivity contribution in [1.82, 2.24) is 24.7 Å². The van der Waals surface area contributed by atoms with Gasteiger partial charge in [0, 0.05) is 25.1 Å². The second kappa shape index (κ2) is 11.1. The highest BCUT2D eigenvalue weighted by Gasteiger charge is 2.34. The minimum atomic E-state index is -4.16. The van der Waals surface area contributed by atoms with Crippen molar-refractivity contribution in [3.8, 4) is 28.6 Å². The van der Waals surface area contributed by atoms with E-state index in [9.17, 15) is 12.8 Å². The Hall–Kier alpha value is -4.10. The minimum Gasteiger partial charge on any atom is -0.494 e. The fourth-order valence-electron chi connectivity index (χ4n) is 3.97. The maximum Gasteiger partial charge on any atom is 0.243 e. The first kappa shape index (κ1) is 26.9. The number of halogens is 1. The van der Waals surface area contributed by atoms with Crippen LogP contribution in [-0.2, 0) is 14.8 Å². The lowest BCUT2D eigenvalue weighted by molar-refractivity contribution is 0.0988. The molecule has 4 rings (SSSR count). The van der Waals surface area contributed by atoms with Gasteiger partial charge in [0.05, 0.1) is 26.1 Å². The fourth-order valence-corrected chi connectivity index (χ4v) is 5.12. The van der Waals surface area contributed by atoms with E-state index in [4.69, 9.17) is 14.2 Å². The second-order valence-electron chi connectivity index (χ2n) is 8.35. The van der Waals surface area contributed by atoms with Gasteiger partial charge in [0.2, 0.25) is 16.0 Å². The number of sulfonamides is 1. The predicted octanol–water partition coefficient (Wildman–Crippen LogP) is 3.71. The number of aromatic nitrogens is 5. The Morgan fingerprint density at radius 2 is 1.71 bits per heavy atom. The molecule has 4 aromatic rings. The number of para-hydroxylation sites is 1. The molecule has 38 heavy (non-hydrogen) atoms. The molecule has 0 aliphatic rings. The van der Waals surface area contributed by atoms with E-state index in [1.54, 1.807) is 30.6 Å². The second-order valence-corrected chi connectivity index (χ2v) is 10.4. The van der Waals surface area contributed by atoms with Crippen molar-refractivity contribution in [2.24, 2.45) is 0 Å². The van der Waals surface area contributed by atoms with Crippen molar-refractivity contribution in [3.05, 3.63) is 72.1 Å². The van der Waals surface area contributed by atoms with Crippen molar-refractivity contribution >= 4 is 16.0 Å². The van der Waals surface area contributed by atoms with Gasteiger partial charge in [-0.2, -0.15) is 0 Å². The summed E-state index contributed by atoms with van der Waals surface area (Å²) in [7, 11) is 0.170. The predicted molar refractivity (Wildman–Crippen MR) is 138 cm³/mol. The number of hydrogen-bond donors (Lipinski definition) is 1. The fraction of sp³-hybridized carbons (Fsp3) is 0.280. The Morgan fingerprint density at radius 3 is 2.29 bits per heavy atom. The van der Waals surface area contributed by atoms with Crippen LogP contribution < -0.4 is 14.2 Å². The number of ether oxygens (including phenoxy) is 3.